The lowest BCUT2D eigenvalue weighted by Crippen LogP contribution is -2.06. The predicted molar refractivity (Wildman–Crippen MR) is 76.8 cm³/mol. The van der Waals surface area contributed by atoms with E-state index in [1.165, 1.54) is 11.6 Å². The van der Waals surface area contributed by atoms with Crippen LogP contribution in [-0.4, -0.2) is 16.1 Å². The lowest BCUT2D eigenvalue weighted by atomic mass is 10.0. The summed E-state index contributed by atoms with van der Waals surface area (Å²) in [6.45, 7) is 4.31. The highest BCUT2D eigenvalue weighted by atomic mass is 16.1. The topological polar surface area (TPSA) is 57.8 Å². The molecule has 4 nitrogen and oxygen atoms in total. The van der Waals surface area contributed by atoms with Crippen LogP contribution in [0.2, 0.25) is 0 Å². The number of nitrogens with one attached hydrogen (secondary N) is 2. The van der Waals surface area contributed by atoms with Gasteiger partial charge < -0.3 is 5.32 Å². The van der Waals surface area contributed by atoms with Crippen LogP contribution in [0.3, 0.4) is 0 Å². The number of aromatic nitrogens is 2. The van der Waals surface area contributed by atoms with Crippen LogP contribution in [0, 0.1) is 0 Å². The standard InChI is InChI=1S/C15H17N3O/c1-11(2)13-6-3-12(4-7-13)5-8-15(19)18-14-9-16-17-10-14/h3-11H,1-2H3,(H,16,17)(H,18,19)/b8-5+. The van der Waals surface area contributed by atoms with Crippen LogP contribution >= 0.6 is 0 Å². The quantitative estimate of drug-likeness (QED) is 0.824. The monoisotopic (exact) mass is 255 g/mol. The van der Waals surface area contributed by atoms with E-state index in [0.717, 1.165) is 5.56 Å². The zero-order valence-electron chi connectivity index (χ0n) is 11.1. The van der Waals surface area contributed by atoms with Crippen molar-refractivity contribution >= 4 is 17.7 Å². The number of carbonyl (C=O) groups is 1. The van der Waals surface area contributed by atoms with Gasteiger partial charge in [-0.2, -0.15) is 5.10 Å². The molecule has 0 aliphatic carbocycles. The molecule has 2 aromatic rings. The number of nitrogens with zero attached hydrogens (tertiary/aromatic N) is 1. The highest BCUT2D eigenvalue weighted by molar-refractivity contribution is 6.01. The SMILES string of the molecule is CC(C)c1ccc(/C=C/C(=O)Nc2cn[nH]c2)cc1. The minimum atomic E-state index is -0.172. The second-order valence-electron chi connectivity index (χ2n) is 4.63. The lowest BCUT2D eigenvalue weighted by Gasteiger charge is -2.04. The van der Waals surface area contributed by atoms with Crippen molar-refractivity contribution in [3.63, 3.8) is 0 Å². The van der Waals surface area contributed by atoms with E-state index in [2.05, 4.69) is 41.5 Å². The number of aromatic amines is 1. The summed E-state index contributed by atoms with van der Waals surface area (Å²) in [7, 11) is 0. The Balaban J connectivity index is 1.96. The first-order valence-electron chi connectivity index (χ1n) is 6.23. The molecule has 0 saturated heterocycles. The third kappa shape index (κ3) is 3.81. The van der Waals surface area contributed by atoms with Gasteiger partial charge in [-0.05, 0) is 23.1 Å². The minimum absolute atomic E-state index is 0.172. The van der Waals surface area contributed by atoms with Gasteiger partial charge in [0.2, 0.25) is 5.91 Å². The number of benzene rings is 1. The van der Waals surface area contributed by atoms with Crippen LogP contribution < -0.4 is 5.32 Å². The summed E-state index contributed by atoms with van der Waals surface area (Å²) in [6.07, 6.45) is 6.49. The Morgan fingerprint density at radius 2 is 2.05 bits per heavy atom. The van der Waals surface area contributed by atoms with E-state index < -0.39 is 0 Å². The van der Waals surface area contributed by atoms with Gasteiger partial charge in [-0.3, -0.25) is 9.89 Å². The van der Waals surface area contributed by atoms with Crippen molar-refractivity contribution in [1.29, 1.82) is 0 Å². The molecule has 0 aliphatic heterocycles. The summed E-state index contributed by atoms with van der Waals surface area (Å²) < 4.78 is 0. The van der Waals surface area contributed by atoms with Crippen molar-refractivity contribution in [2.24, 2.45) is 0 Å². The van der Waals surface area contributed by atoms with Gasteiger partial charge in [0.15, 0.2) is 0 Å². The highest BCUT2D eigenvalue weighted by Gasteiger charge is 1.99. The average Bonchev–Trinajstić information content (AvgIpc) is 2.89. The van der Waals surface area contributed by atoms with Crippen molar-refractivity contribution in [1.82, 2.24) is 10.2 Å². The van der Waals surface area contributed by atoms with Gasteiger partial charge in [-0.25, -0.2) is 0 Å². The third-order valence-electron chi connectivity index (χ3n) is 2.80. The Kier molecular flexibility index (Phi) is 4.13. The van der Waals surface area contributed by atoms with E-state index in [-0.39, 0.29) is 5.91 Å². The van der Waals surface area contributed by atoms with Crippen LogP contribution in [0.15, 0.2) is 42.7 Å². The van der Waals surface area contributed by atoms with Crippen molar-refractivity contribution < 1.29 is 4.79 Å². The van der Waals surface area contributed by atoms with Crippen molar-refractivity contribution in [3.8, 4) is 0 Å². The third-order valence-corrected chi connectivity index (χ3v) is 2.80. The van der Waals surface area contributed by atoms with Gasteiger partial charge in [0, 0.05) is 12.3 Å². The summed E-state index contributed by atoms with van der Waals surface area (Å²) in [4.78, 5) is 11.6. The van der Waals surface area contributed by atoms with Crippen molar-refractivity contribution in [3.05, 3.63) is 53.9 Å². The zero-order valence-corrected chi connectivity index (χ0v) is 11.1. The highest BCUT2D eigenvalue weighted by Crippen LogP contribution is 2.15. The van der Waals surface area contributed by atoms with Crippen molar-refractivity contribution in [2.45, 2.75) is 19.8 Å². The second kappa shape index (κ2) is 6.00. The first-order chi connectivity index (χ1) is 9.15. The van der Waals surface area contributed by atoms with Crippen LogP contribution in [0.4, 0.5) is 5.69 Å². The Morgan fingerprint density at radius 3 is 2.63 bits per heavy atom. The molecule has 2 N–H and O–H groups in total. The van der Waals surface area contributed by atoms with Gasteiger partial charge in [0.1, 0.15) is 0 Å². The molecular formula is C15H17N3O. The molecule has 0 atom stereocenters. The predicted octanol–water partition coefficient (Wildman–Crippen LogP) is 3.19. The van der Waals surface area contributed by atoms with Gasteiger partial charge >= 0.3 is 0 Å². The van der Waals surface area contributed by atoms with E-state index >= 15 is 0 Å². The number of hydrogen-bond donors (Lipinski definition) is 2. The largest absolute Gasteiger partial charge is 0.320 e. The normalized spacial score (nSPS) is 11.1. The number of amides is 1. The Labute approximate surface area is 112 Å². The fourth-order valence-electron chi connectivity index (χ4n) is 1.67. The van der Waals surface area contributed by atoms with E-state index in [4.69, 9.17) is 0 Å². The zero-order chi connectivity index (χ0) is 13.7. The Morgan fingerprint density at radius 1 is 1.32 bits per heavy atom. The smallest absolute Gasteiger partial charge is 0.248 e. The molecule has 98 valence electrons. The first-order valence-corrected chi connectivity index (χ1v) is 6.23. The molecule has 0 bridgehead atoms. The Hall–Kier alpha value is -2.36. The molecule has 1 aromatic heterocycles. The van der Waals surface area contributed by atoms with Crippen LogP contribution in [0.5, 0.6) is 0 Å². The number of anilines is 1. The number of H-pyrrole nitrogens is 1. The molecule has 0 fully saturated rings. The summed E-state index contributed by atoms with van der Waals surface area (Å²) in [5.41, 5.74) is 2.96. The van der Waals surface area contributed by atoms with Gasteiger partial charge in [-0.15, -0.1) is 0 Å². The van der Waals surface area contributed by atoms with Gasteiger partial charge in [-0.1, -0.05) is 38.1 Å². The van der Waals surface area contributed by atoms with E-state index in [9.17, 15) is 4.79 Å². The molecule has 0 saturated carbocycles. The van der Waals surface area contributed by atoms with E-state index in [1.54, 1.807) is 18.5 Å². The molecule has 0 radical (unpaired) electrons. The summed E-state index contributed by atoms with van der Waals surface area (Å²) in [5.74, 6) is 0.344. The molecule has 0 aliphatic rings. The van der Waals surface area contributed by atoms with Crippen LogP contribution in [0.1, 0.15) is 30.9 Å². The minimum Gasteiger partial charge on any atom is -0.320 e. The Bertz CT molecular complexity index is 554. The molecule has 1 heterocycles. The van der Waals surface area contributed by atoms with E-state index in [0.29, 0.717) is 11.6 Å². The summed E-state index contributed by atoms with van der Waals surface area (Å²) in [5, 5.41) is 9.09. The molecule has 1 amide bonds. The molecule has 19 heavy (non-hydrogen) atoms. The number of hydrogen-bond acceptors (Lipinski definition) is 2. The van der Waals surface area contributed by atoms with Gasteiger partial charge in [0.25, 0.3) is 0 Å². The fraction of sp³-hybridized carbons (Fsp3) is 0.200. The second-order valence-corrected chi connectivity index (χ2v) is 4.63. The van der Waals surface area contributed by atoms with Crippen LogP contribution in [-0.2, 0) is 4.79 Å². The maximum Gasteiger partial charge on any atom is 0.248 e. The average molecular weight is 255 g/mol. The number of rotatable bonds is 4. The van der Waals surface area contributed by atoms with Crippen LogP contribution in [0.25, 0.3) is 6.08 Å². The van der Waals surface area contributed by atoms with Gasteiger partial charge in [0.05, 0.1) is 11.9 Å². The number of carbonyl (C=O) groups excluding carboxylic acids is 1. The lowest BCUT2D eigenvalue weighted by molar-refractivity contribution is -0.111. The van der Waals surface area contributed by atoms with Crippen molar-refractivity contribution in [2.75, 3.05) is 5.32 Å². The molecule has 0 spiro atoms. The molecule has 4 heteroatoms. The molecule has 1 aromatic carbocycles. The molecule has 2 rings (SSSR count). The maximum absolute atomic E-state index is 11.6. The summed E-state index contributed by atoms with van der Waals surface area (Å²) in [6, 6.07) is 8.19. The maximum atomic E-state index is 11.6. The first kappa shape index (κ1) is 13.1. The summed E-state index contributed by atoms with van der Waals surface area (Å²) >= 11 is 0. The molecule has 0 unspecified atom stereocenters. The van der Waals surface area contributed by atoms with E-state index in [1.807, 2.05) is 12.1 Å². The molecular weight excluding hydrogens is 238 g/mol. The fourth-order valence-corrected chi connectivity index (χ4v) is 1.67.